The zero-order valence-corrected chi connectivity index (χ0v) is 14.8. The van der Waals surface area contributed by atoms with E-state index in [0.29, 0.717) is 17.8 Å². The van der Waals surface area contributed by atoms with Gasteiger partial charge in [0.05, 0.1) is 11.8 Å². The number of hydrogen-bond donors (Lipinski definition) is 1. The van der Waals surface area contributed by atoms with Gasteiger partial charge in [-0.15, -0.1) is 0 Å². The molecule has 1 aliphatic heterocycles. The highest BCUT2D eigenvalue weighted by molar-refractivity contribution is 6.06. The lowest BCUT2D eigenvalue weighted by Gasteiger charge is -2.19. The van der Waals surface area contributed by atoms with E-state index in [0.717, 1.165) is 24.9 Å². The second-order valence-corrected chi connectivity index (χ2v) is 8.37. The molecule has 136 valence electrons. The summed E-state index contributed by atoms with van der Waals surface area (Å²) in [5.74, 6) is 0.967. The monoisotopic (exact) mass is 352 g/mol. The number of amides is 3. The fraction of sp³-hybridized carbons (Fsp3) is 0.571. The molecule has 4 atom stereocenters. The number of carbonyl (C=O) groups excluding carboxylic acids is 3. The molecule has 3 saturated carbocycles. The normalized spacial score (nSPS) is 32.2. The van der Waals surface area contributed by atoms with Gasteiger partial charge < -0.3 is 5.32 Å². The van der Waals surface area contributed by atoms with Crippen LogP contribution in [0, 0.1) is 23.7 Å². The van der Waals surface area contributed by atoms with Crippen LogP contribution in [0.3, 0.4) is 0 Å². The Hall–Kier alpha value is -2.17. The Kier molecular flexibility index (Phi) is 3.66. The minimum Gasteiger partial charge on any atom is -0.326 e. The summed E-state index contributed by atoms with van der Waals surface area (Å²) < 4.78 is 0. The van der Waals surface area contributed by atoms with Gasteiger partial charge in [0.15, 0.2) is 0 Å². The molecule has 1 aromatic carbocycles. The van der Waals surface area contributed by atoms with E-state index in [9.17, 15) is 14.4 Å². The van der Waals surface area contributed by atoms with Gasteiger partial charge in [0.1, 0.15) is 0 Å². The lowest BCUT2D eigenvalue weighted by Crippen LogP contribution is -2.35. The largest absolute Gasteiger partial charge is 0.326 e. The number of rotatable bonds is 5. The number of fused-ring (bicyclic) bond motifs is 5. The molecule has 1 aromatic rings. The Morgan fingerprint density at radius 2 is 1.65 bits per heavy atom. The van der Waals surface area contributed by atoms with E-state index in [4.69, 9.17) is 0 Å². The molecule has 4 aliphatic rings. The number of benzene rings is 1. The summed E-state index contributed by atoms with van der Waals surface area (Å²) in [6.45, 7) is 0.210. The van der Waals surface area contributed by atoms with Crippen LogP contribution in [-0.4, -0.2) is 29.2 Å². The van der Waals surface area contributed by atoms with Crippen molar-refractivity contribution >= 4 is 23.4 Å². The van der Waals surface area contributed by atoms with Crippen LogP contribution in [0.5, 0.6) is 0 Å². The van der Waals surface area contributed by atoms with E-state index in [1.54, 1.807) is 0 Å². The molecule has 3 aliphatic carbocycles. The minimum absolute atomic E-state index is 0.0293. The van der Waals surface area contributed by atoms with Crippen molar-refractivity contribution in [2.24, 2.45) is 23.7 Å². The Balaban J connectivity index is 1.22. The predicted molar refractivity (Wildman–Crippen MR) is 96.2 cm³/mol. The van der Waals surface area contributed by atoms with Crippen molar-refractivity contribution in [1.29, 1.82) is 0 Å². The maximum atomic E-state index is 12.7. The maximum Gasteiger partial charge on any atom is 0.233 e. The molecule has 0 aromatic heterocycles. The van der Waals surface area contributed by atoms with Crippen LogP contribution in [0.2, 0.25) is 0 Å². The fourth-order valence-electron chi connectivity index (χ4n) is 5.48. The lowest BCUT2D eigenvalue weighted by molar-refractivity contribution is -0.140. The van der Waals surface area contributed by atoms with Crippen LogP contribution in [0.25, 0.3) is 0 Å². The Morgan fingerprint density at radius 1 is 1.00 bits per heavy atom. The topological polar surface area (TPSA) is 66.5 Å². The minimum atomic E-state index is -0.126. The Bertz CT molecular complexity index is 757. The van der Waals surface area contributed by atoms with Crippen LogP contribution < -0.4 is 5.32 Å². The van der Waals surface area contributed by atoms with E-state index in [-0.39, 0.29) is 42.5 Å². The molecule has 1 heterocycles. The molecule has 0 radical (unpaired) electrons. The summed E-state index contributed by atoms with van der Waals surface area (Å²) in [6.07, 6.45) is 5.72. The van der Waals surface area contributed by atoms with Gasteiger partial charge in [-0.25, -0.2) is 0 Å². The molecule has 5 nitrogen and oxygen atoms in total. The molecule has 4 fully saturated rings. The summed E-state index contributed by atoms with van der Waals surface area (Å²) >= 11 is 0. The third kappa shape index (κ3) is 2.48. The smallest absolute Gasteiger partial charge is 0.233 e. The van der Waals surface area contributed by atoms with Crippen molar-refractivity contribution in [3.63, 3.8) is 0 Å². The van der Waals surface area contributed by atoms with Crippen LogP contribution in [0.15, 0.2) is 24.3 Å². The highest BCUT2D eigenvalue weighted by atomic mass is 16.2. The summed E-state index contributed by atoms with van der Waals surface area (Å²) in [7, 11) is 0. The average Bonchev–Trinajstić information content (AvgIpc) is 3.19. The number of hydrogen-bond acceptors (Lipinski definition) is 3. The number of anilines is 1. The number of carbonyl (C=O) groups is 3. The fourth-order valence-corrected chi connectivity index (χ4v) is 5.48. The molecule has 5 heteroatoms. The van der Waals surface area contributed by atoms with Gasteiger partial charge in [-0.1, -0.05) is 18.2 Å². The average molecular weight is 352 g/mol. The molecule has 0 unspecified atom stereocenters. The first-order valence-electron chi connectivity index (χ1n) is 9.87. The van der Waals surface area contributed by atoms with Crippen molar-refractivity contribution in [3.05, 3.63) is 29.8 Å². The second-order valence-electron chi connectivity index (χ2n) is 8.37. The maximum absolute atomic E-state index is 12.7. The highest BCUT2D eigenvalue weighted by Crippen LogP contribution is 2.56. The SMILES string of the molecule is O=C(CCN1C(=O)[C@@H]2[C@H]3CC[C@@H](C3)[C@@H]2C1=O)Nc1ccccc1C1CC1. The van der Waals surface area contributed by atoms with Gasteiger partial charge in [0.2, 0.25) is 17.7 Å². The predicted octanol–water partition coefficient (Wildman–Crippen LogP) is 2.92. The molecular weight excluding hydrogens is 328 g/mol. The van der Waals surface area contributed by atoms with Crippen LogP contribution in [0.4, 0.5) is 5.69 Å². The number of nitrogens with one attached hydrogen (secondary N) is 1. The van der Waals surface area contributed by atoms with E-state index >= 15 is 0 Å². The first kappa shape index (κ1) is 16.0. The number of imide groups is 1. The highest BCUT2D eigenvalue weighted by Gasteiger charge is 2.60. The van der Waals surface area contributed by atoms with Crippen molar-refractivity contribution in [2.75, 3.05) is 11.9 Å². The quantitative estimate of drug-likeness (QED) is 0.829. The molecule has 1 N–H and O–H groups in total. The molecule has 5 rings (SSSR count). The summed E-state index contributed by atoms with van der Waals surface area (Å²) in [5.41, 5.74) is 2.06. The zero-order chi connectivity index (χ0) is 17.8. The van der Waals surface area contributed by atoms with Gasteiger partial charge in [0, 0.05) is 18.7 Å². The first-order valence-corrected chi connectivity index (χ1v) is 9.87. The number of likely N-dealkylation sites (tertiary alicyclic amines) is 1. The third-order valence-electron chi connectivity index (χ3n) is 6.83. The Labute approximate surface area is 153 Å². The van der Waals surface area contributed by atoms with E-state index < -0.39 is 0 Å². The zero-order valence-electron chi connectivity index (χ0n) is 14.8. The summed E-state index contributed by atoms with van der Waals surface area (Å²) in [6, 6.07) is 7.92. The second kappa shape index (κ2) is 5.93. The van der Waals surface area contributed by atoms with E-state index in [1.165, 1.54) is 23.3 Å². The molecule has 1 saturated heterocycles. The summed E-state index contributed by atoms with van der Waals surface area (Å²) in [4.78, 5) is 39.1. The molecule has 3 amide bonds. The molecule has 26 heavy (non-hydrogen) atoms. The van der Waals surface area contributed by atoms with Gasteiger partial charge in [0.25, 0.3) is 0 Å². The van der Waals surface area contributed by atoms with E-state index in [2.05, 4.69) is 11.4 Å². The number of para-hydroxylation sites is 1. The van der Waals surface area contributed by atoms with Crippen molar-refractivity contribution < 1.29 is 14.4 Å². The van der Waals surface area contributed by atoms with Crippen LogP contribution in [-0.2, 0) is 14.4 Å². The van der Waals surface area contributed by atoms with E-state index in [1.807, 2.05) is 18.2 Å². The number of nitrogens with zero attached hydrogens (tertiary/aromatic N) is 1. The first-order chi connectivity index (χ1) is 12.6. The Morgan fingerprint density at radius 3 is 2.31 bits per heavy atom. The van der Waals surface area contributed by atoms with Gasteiger partial charge >= 0.3 is 0 Å². The van der Waals surface area contributed by atoms with Crippen molar-refractivity contribution in [1.82, 2.24) is 4.90 Å². The molecule has 2 bridgehead atoms. The summed E-state index contributed by atoms with van der Waals surface area (Å²) in [5, 5.41) is 2.98. The van der Waals surface area contributed by atoms with Gasteiger partial charge in [-0.3, -0.25) is 19.3 Å². The van der Waals surface area contributed by atoms with Gasteiger partial charge in [-0.05, 0) is 61.5 Å². The molecular formula is C21H24N2O3. The lowest BCUT2D eigenvalue weighted by atomic mass is 9.81. The van der Waals surface area contributed by atoms with Crippen LogP contribution >= 0.6 is 0 Å². The van der Waals surface area contributed by atoms with Crippen molar-refractivity contribution in [2.45, 2.75) is 44.4 Å². The van der Waals surface area contributed by atoms with Crippen LogP contribution in [0.1, 0.15) is 50.0 Å². The standard InChI is InChI=1S/C21H24N2O3/c24-17(22-16-4-2-1-3-15(16)12-5-6-12)9-10-23-20(25)18-13-7-8-14(11-13)19(18)21(23)26/h1-4,12-14,18-19H,5-11H2,(H,22,24)/t13-,14-,18-,19+/m0/s1. The molecule has 0 spiro atoms. The van der Waals surface area contributed by atoms with Crippen molar-refractivity contribution in [3.8, 4) is 0 Å². The van der Waals surface area contributed by atoms with Gasteiger partial charge in [-0.2, -0.15) is 0 Å². The third-order valence-corrected chi connectivity index (χ3v) is 6.83.